The van der Waals surface area contributed by atoms with Crippen molar-refractivity contribution in [2.24, 2.45) is 0 Å². The molecule has 0 bridgehead atoms. The Kier molecular flexibility index (Phi) is 6.05. The Bertz CT molecular complexity index is 861. The molecule has 1 saturated heterocycles. The third-order valence-electron chi connectivity index (χ3n) is 6.01. The highest BCUT2D eigenvalue weighted by atomic mass is 16.5. The molecule has 0 atom stereocenters. The van der Waals surface area contributed by atoms with Crippen molar-refractivity contribution in [3.05, 3.63) is 53.6 Å². The molecule has 4 rings (SSSR count). The number of likely N-dealkylation sites (tertiary alicyclic amines) is 1. The molecule has 0 aromatic heterocycles. The average Bonchev–Trinajstić information content (AvgIpc) is 2.76. The third kappa shape index (κ3) is 4.25. The Balaban J connectivity index is 1.52. The molecule has 1 fully saturated rings. The van der Waals surface area contributed by atoms with E-state index in [-0.39, 0.29) is 5.91 Å². The Morgan fingerprint density at radius 1 is 1.00 bits per heavy atom. The van der Waals surface area contributed by atoms with E-state index in [1.54, 1.807) is 0 Å². The molecule has 0 unspecified atom stereocenters. The SMILES string of the molecule is CCN1CN(c2ccccc2C)C(=O)c2cc(OCCN3CCCCC3)ccc21. The summed E-state index contributed by atoms with van der Waals surface area (Å²) in [7, 11) is 0. The number of benzene rings is 2. The fourth-order valence-electron chi connectivity index (χ4n) is 4.31. The molecule has 2 aromatic rings. The summed E-state index contributed by atoms with van der Waals surface area (Å²) in [5, 5.41) is 0. The van der Waals surface area contributed by atoms with Crippen molar-refractivity contribution in [1.82, 2.24) is 4.90 Å². The van der Waals surface area contributed by atoms with Gasteiger partial charge in [-0.2, -0.15) is 0 Å². The predicted octanol–water partition coefficient (Wildman–Crippen LogP) is 4.30. The summed E-state index contributed by atoms with van der Waals surface area (Å²) in [4.78, 5) is 19.9. The van der Waals surface area contributed by atoms with Crippen LogP contribution in [0.25, 0.3) is 0 Å². The number of carbonyl (C=O) groups excluding carboxylic acids is 1. The van der Waals surface area contributed by atoms with Crippen LogP contribution >= 0.6 is 0 Å². The lowest BCUT2D eigenvalue weighted by Crippen LogP contribution is -2.47. The smallest absolute Gasteiger partial charge is 0.262 e. The molecule has 2 aliphatic rings. The number of carbonyl (C=O) groups is 1. The zero-order valence-electron chi connectivity index (χ0n) is 17.6. The number of hydrogen-bond donors (Lipinski definition) is 0. The zero-order valence-corrected chi connectivity index (χ0v) is 17.6. The number of anilines is 2. The Morgan fingerprint density at radius 2 is 1.79 bits per heavy atom. The number of piperidine rings is 1. The van der Waals surface area contributed by atoms with E-state index in [2.05, 4.69) is 29.7 Å². The second kappa shape index (κ2) is 8.87. The number of amides is 1. The standard InChI is InChI=1S/C24H31N3O2/c1-3-26-18-27(22-10-6-5-9-19(22)2)24(28)21-17-20(11-12-23(21)26)29-16-15-25-13-7-4-8-14-25/h5-6,9-12,17H,3-4,7-8,13-16,18H2,1-2H3. The molecule has 5 nitrogen and oxygen atoms in total. The van der Waals surface area contributed by atoms with Crippen molar-refractivity contribution in [1.29, 1.82) is 0 Å². The number of aryl methyl sites for hydroxylation is 1. The summed E-state index contributed by atoms with van der Waals surface area (Å²) in [5.41, 5.74) is 3.79. The highest BCUT2D eigenvalue weighted by Crippen LogP contribution is 2.34. The highest BCUT2D eigenvalue weighted by Gasteiger charge is 2.30. The topological polar surface area (TPSA) is 36.0 Å². The van der Waals surface area contributed by atoms with Crippen molar-refractivity contribution in [3.63, 3.8) is 0 Å². The van der Waals surface area contributed by atoms with Crippen LogP contribution in [0.1, 0.15) is 42.1 Å². The van der Waals surface area contributed by atoms with E-state index in [1.807, 2.05) is 41.3 Å². The van der Waals surface area contributed by atoms with Gasteiger partial charge in [-0.1, -0.05) is 24.6 Å². The zero-order chi connectivity index (χ0) is 20.2. The van der Waals surface area contributed by atoms with Crippen LogP contribution in [-0.4, -0.2) is 50.3 Å². The fraction of sp³-hybridized carbons (Fsp3) is 0.458. The summed E-state index contributed by atoms with van der Waals surface area (Å²) >= 11 is 0. The van der Waals surface area contributed by atoms with Crippen molar-refractivity contribution >= 4 is 17.3 Å². The van der Waals surface area contributed by atoms with E-state index in [1.165, 1.54) is 32.4 Å². The molecule has 5 heteroatoms. The minimum absolute atomic E-state index is 0.0421. The molecule has 0 spiro atoms. The van der Waals surface area contributed by atoms with Crippen LogP contribution in [0.3, 0.4) is 0 Å². The molecule has 0 aliphatic carbocycles. The van der Waals surface area contributed by atoms with Crippen molar-refractivity contribution in [2.75, 3.05) is 49.3 Å². The Morgan fingerprint density at radius 3 is 2.55 bits per heavy atom. The molecule has 29 heavy (non-hydrogen) atoms. The van der Waals surface area contributed by atoms with Gasteiger partial charge >= 0.3 is 0 Å². The predicted molar refractivity (Wildman–Crippen MR) is 118 cm³/mol. The fourth-order valence-corrected chi connectivity index (χ4v) is 4.31. The van der Waals surface area contributed by atoms with Crippen LogP contribution in [0.15, 0.2) is 42.5 Å². The number of ether oxygens (including phenoxy) is 1. The monoisotopic (exact) mass is 393 g/mol. The molecule has 0 radical (unpaired) electrons. The molecule has 154 valence electrons. The van der Waals surface area contributed by atoms with Gasteiger partial charge in [0.25, 0.3) is 5.91 Å². The maximum Gasteiger partial charge on any atom is 0.262 e. The van der Waals surface area contributed by atoms with Crippen LogP contribution in [0, 0.1) is 6.92 Å². The van der Waals surface area contributed by atoms with E-state index in [4.69, 9.17) is 4.74 Å². The van der Waals surface area contributed by atoms with Gasteiger partial charge in [-0.3, -0.25) is 14.6 Å². The quantitative estimate of drug-likeness (QED) is 0.733. The maximum atomic E-state index is 13.3. The van der Waals surface area contributed by atoms with Crippen LogP contribution in [0.5, 0.6) is 5.75 Å². The number of hydrogen-bond acceptors (Lipinski definition) is 4. The summed E-state index contributed by atoms with van der Waals surface area (Å²) in [5.74, 6) is 0.817. The summed E-state index contributed by atoms with van der Waals surface area (Å²) in [6.07, 6.45) is 3.92. The lowest BCUT2D eigenvalue weighted by Gasteiger charge is -2.38. The van der Waals surface area contributed by atoms with E-state index in [0.29, 0.717) is 13.3 Å². The van der Waals surface area contributed by atoms with Gasteiger partial charge in [0.2, 0.25) is 0 Å². The van der Waals surface area contributed by atoms with Gasteiger partial charge in [-0.15, -0.1) is 0 Å². The number of nitrogens with zero attached hydrogens (tertiary/aromatic N) is 3. The summed E-state index contributed by atoms with van der Waals surface area (Å²) < 4.78 is 6.03. The minimum atomic E-state index is 0.0421. The average molecular weight is 394 g/mol. The number of fused-ring (bicyclic) bond motifs is 1. The van der Waals surface area contributed by atoms with Gasteiger partial charge in [-0.05, 0) is 69.6 Å². The maximum absolute atomic E-state index is 13.3. The lowest BCUT2D eigenvalue weighted by molar-refractivity contribution is 0.0981. The van der Waals surface area contributed by atoms with E-state index < -0.39 is 0 Å². The largest absolute Gasteiger partial charge is 0.492 e. The van der Waals surface area contributed by atoms with Crippen LogP contribution in [-0.2, 0) is 0 Å². The van der Waals surface area contributed by atoms with Gasteiger partial charge in [0.1, 0.15) is 12.4 Å². The first-order valence-electron chi connectivity index (χ1n) is 10.8. The van der Waals surface area contributed by atoms with Crippen molar-refractivity contribution in [3.8, 4) is 5.75 Å². The van der Waals surface area contributed by atoms with Gasteiger partial charge in [0.05, 0.1) is 17.9 Å². The second-order valence-electron chi connectivity index (χ2n) is 7.95. The highest BCUT2D eigenvalue weighted by molar-refractivity contribution is 6.12. The third-order valence-corrected chi connectivity index (χ3v) is 6.01. The number of rotatable bonds is 6. The van der Waals surface area contributed by atoms with Gasteiger partial charge in [0.15, 0.2) is 0 Å². The molecular weight excluding hydrogens is 362 g/mol. The van der Waals surface area contributed by atoms with Crippen LogP contribution in [0.4, 0.5) is 11.4 Å². The Labute approximate surface area is 173 Å². The van der Waals surface area contributed by atoms with E-state index in [9.17, 15) is 4.79 Å². The van der Waals surface area contributed by atoms with Crippen LogP contribution in [0.2, 0.25) is 0 Å². The first-order chi connectivity index (χ1) is 14.2. The first-order valence-corrected chi connectivity index (χ1v) is 10.8. The van der Waals surface area contributed by atoms with E-state index >= 15 is 0 Å². The summed E-state index contributed by atoms with van der Waals surface area (Å²) in [6, 6.07) is 14.0. The molecule has 0 saturated carbocycles. The van der Waals surface area contributed by atoms with Crippen molar-refractivity contribution in [2.45, 2.75) is 33.1 Å². The van der Waals surface area contributed by atoms with Crippen LogP contribution < -0.4 is 14.5 Å². The second-order valence-corrected chi connectivity index (χ2v) is 7.95. The molecule has 1 amide bonds. The van der Waals surface area contributed by atoms with Gasteiger partial charge < -0.3 is 9.64 Å². The molecular formula is C24H31N3O2. The van der Waals surface area contributed by atoms with Gasteiger partial charge in [0, 0.05) is 18.8 Å². The normalized spacial score (nSPS) is 17.4. The van der Waals surface area contributed by atoms with E-state index in [0.717, 1.165) is 41.3 Å². The Hall–Kier alpha value is -2.53. The molecule has 2 heterocycles. The molecule has 2 aliphatic heterocycles. The van der Waals surface area contributed by atoms with Crippen molar-refractivity contribution < 1.29 is 9.53 Å². The minimum Gasteiger partial charge on any atom is -0.492 e. The first kappa shape index (κ1) is 19.8. The molecule has 0 N–H and O–H groups in total. The lowest BCUT2D eigenvalue weighted by atomic mass is 10.1. The summed E-state index contributed by atoms with van der Waals surface area (Å²) in [6.45, 7) is 9.53. The van der Waals surface area contributed by atoms with Gasteiger partial charge in [-0.25, -0.2) is 0 Å². The number of para-hydroxylation sites is 1. The molecule has 2 aromatic carbocycles.